The van der Waals surface area contributed by atoms with Gasteiger partial charge in [0.05, 0.1) is 39.7 Å². The first kappa shape index (κ1) is 23.7. The van der Waals surface area contributed by atoms with E-state index in [-0.39, 0.29) is 12.5 Å². The number of amides is 1. The van der Waals surface area contributed by atoms with E-state index in [1.54, 1.807) is 51.5 Å². The van der Waals surface area contributed by atoms with Crippen LogP contribution in [-0.2, 0) is 6.54 Å². The average Bonchev–Trinajstić information content (AvgIpc) is 3.37. The molecule has 0 aliphatic heterocycles. The Morgan fingerprint density at radius 3 is 2.11 bits per heavy atom. The standard InChI is InChI=1S/C27H27N3O5/c1-32-21-12-10-18(11-13-21)26-22(17-30(29-26)20-8-6-5-7-9-20)27(31)28-16-19-14-24(34-3)25(35-4)15-23(19)33-2/h5-15,17H,16H2,1-4H3,(H,28,31). The highest BCUT2D eigenvalue weighted by Crippen LogP contribution is 2.34. The number of ether oxygens (including phenoxy) is 4. The quantitative estimate of drug-likeness (QED) is 0.385. The second kappa shape index (κ2) is 10.6. The molecule has 0 spiro atoms. The maximum absolute atomic E-state index is 13.4. The lowest BCUT2D eigenvalue weighted by molar-refractivity contribution is 0.0951. The van der Waals surface area contributed by atoms with E-state index in [1.165, 1.54) is 0 Å². The SMILES string of the molecule is COc1ccc(-c2nn(-c3ccccc3)cc2C(=O)NCc2cc(OC)c(OC)cc2OC)cc1. The van der Waals surface area contributed by atoms with Gasteiger partial charge in [-0.15, -0.1) is 0 Å². The second-order valence-electron chi connectivity index (χ2n) is 7.60. The van der Waals surface area contributed by atoms with Crippen LogP contribution >= 0.6 is 0 Å². The molecular formula is C27H27N3O5. The molecule has 1 amide bonds. The van der Waals surface area contributed by atoms with Crippen LogP contribution in [0.25, 0.3) is 16.9 Å². The molecule has 0 atom stereocenters. The van der Waals surface area contributed by atoms with E-state index in [9.17, 15) is 4.79 Å². The highest BCUT2D eigenvalue weighted by molar-refractivity contribution is 6.00. The largest absolute Gasteiger partial charge is 0.497 e. The number of hydrogen-bond donors (Lipinski definition) is 1. The molecule has 0 saturated heterocycles. The summed E-state index contributed by atoms with van der Waals surface area (Å²) in [6, 6.07) is 20.6. The van der Waals surface area contributed by atoms with Gasteiger partial charge in [-0.1, -0.05) is 18.2 Å². The molecule has 4 aromatic rings. The Morgan fingerprint density at radius 2 is 1.49 bits per heavy atom. The normalized spacial score (nSPS) is 10.5. The van der Waals surface area contributed by atoms with Crippen molar-refractivity contribution in [2.75, 3.05) is 28.4 Å². The predicted molar refractivity (Wildman–Crippen MR) is 133 cm³/mol. The number of nitrogens with one attached hydrogen (secondary N) is 1. The van der Waals surface area contributed by atoms with Gasteiger partial charge < -0.3 is 24.3 Å². The van der Waals surface area contributed by atoms with E-state index in [0.29, 0.717) is 28.5 Å². The van der Waals surface area contributed by atoms with Crippen molar-refractivity contribution in [1.29, 1.82) is 0 Å². The van der Waals surface area contributed by atoms with Crippen LogP contribution in [0.1, 0.15) is 15.9 Å². The molecule has 35 heavy (non-hydrogen) atoms. The molecule has 0 unspecified atom stereocenters. The number of nitrogens with zero attached hydrogens (tertiary/aromatic N) is 2. The Kier molecular flexibility index (Phi) is 7.21. The summed E-state index contributed by atoms with van der Waals surface area (Å²) < 4.78 is 23.2. The van der Waals surface area contributed by atoms with Gasteiger partial charge >= 0.3 is 0 Å². The predicted octanol–water partition coefficient (Wildman–Crippen LogP) is 4.50. The highest BCUT2D eigenvalue weighted by atomic mass is 16.5. The van der Waals surface area contributed by atoms with Crippen LogP contribution in [0.4, 0.5) is 0 Å². The molecule has 0 bridgehead atoms. The van der Waals surface area contributed by atoms with E-state index in [1.807, 2.05) is 54.6 Å². The minimum absolute atomic E-state index is 0.223. The van der Waals surface area contributed by atoms with Crippen molar-refractivity contribution < 1.29 is 23.7 Å². The lowest BCUT2D eigenvalue weighted by atomic mass is 10.1. The summed E-state index contributed by atoms with van der Waals surface area (Å²) in [5.74, 6) is 2.13. The molecule has 8 heteroatoms. The maximum atomic E-state index is 13.4. The van der Waals surface area contributed by atoms with Crippen molar-refractivity contribution in [3.05, 3.63) is 84.1 Å². The number of para-hydroxylation sites is 1. The third-order valence-electron chi connectivity index (χ3n) is 5.57. The summed E-state index contributed by atoms with van der Waals surface area (Å²) >= 11 is 0. The second-order valence-corrected chi connectivity index (χ2v) is 7.60. The van der Waals surface area contributed by atoms with Crippen molar-refractivity contribution in [3.63, 3.8) is 0 Å². The van der Waals surface area contributed by atoms with E-state index in [4.69, 9.17) is 24.0 Å². The molecular weight excluding hydrogens is 446 g/mol. The molecule has 0 radical (unpaired) electrons. The Hall–Kier alpha value is -4.46. The molecule has 1 aromatic heterocycles. The average molecular weight is 474 g/mol. The van der Waals surface area contributed by atoms with Crippen LogP contribution < -0.4 is 24.3 Å². The maximum Gasteiger partial charge on any atom is 0.255 e. The zero-order valence-corrected chi connectivity index (χ0v) is 20.1. The molecule has 0 aliphatic rings. The summed E-state index contributed by atoms with van der Waals surface area (Å²) in [5.41, 5.74) is 3.41. The first-order valence-corrected chi connectivity index (χ1v) is 10.9. The topological polar surface area (TPSA) is 83.8 Å². The van der Waals surface area contributed by atoms with E-state index in [0.717, 1.165) is 22.6 Å². The van der Waals surface area contributed by atoms with E-state index in [2.05, 4.69) is 5.32 Å². The molecule has 0 saturated carbocycles. The van der Waals surface area contributed by atoms with Crippen LogP contribution in [0.5, 0.6) is 23.0 Å². The lowest BCUT2D eigenvalue weighted by Gasteiger charge is -2.14. The van der Waals surface area contributed by atoms with Gasteiger partial charge in [0.1, 0.15) is 17.2 Å². The number of carbonyl (C=O) groups excluding carboxylic acids is 1. The summed E-state index contributed by atoms with van der Waals surface area (Å²) in [5, 5.41) is 7.70. The number of rotatable bonds is 9. The Morgan fingerprint density at radius 1 is 0.829 bits per heavy atom. The number of aromatic nitrogens is 2. The molecule has 0 fully saturated rings. The molecule has 1 N–H and O–H groups in total. The van der Waals surface area contributed by atoms with Crippen molar-refractivity contribution >= 4 is 5.91 Å². The van der Waals surface area contributed by atoms with Crippen LogP contribution in [-0.4, -0.2) is 44.1 Å². The molecule has 8 nitrogen and oxygen atoms in total. The number of hydrogen-bond acceptors (Lipinski definition) is 6. The molecule has 1 heterocycles. The van der Waals surface area contributed by atoms with Crippen molar-refractivity contribution in [2.45, 2.75) is 6.54 Å². The number of methoxy groups -OCH3 is 4. The monoisotopic (exact) mass is 473 g/mol. The van der Waals surface area contributed by atoms with Crippen LogP contribution in [0, 0.1) is 0 Å². The summed E-state index contributed by atoms with van der Waals surface area (Å²) in [6.07, 6.45) is 1.73. The van der Waals surface area contributed by atoms with Gasteiger partial charge in [-0.05, 0) is 42.5 Å². The van der Waals surface area contributed by atoms with Crippen molar-refractivity contribution in [3.8, 4) is 39.9 Å². The summed E-state index contributed by atoms with van der Waals surface area (Å²) in [6.45, 7) is 0.223. The Balaban J connectivity index is 1.66. The van der Waals surface area contributed by atoms with Gasteiger partial charge in [-0.3, -0.25) is 4.79 Å². The first-order chi connectivity index (χ1) is 17.1. The zero-order chi connectivity index (χ0) is 24.8. The number of benzene rings is 3. The number of carbonyl (C=O) groups is 1. The van der Waals surface area contributed by atoms with Gasteiger partial charge in [0.15, 0.2) is 11.5 Å². The van der Waals surface area contributed by atoms with Crippen molar-refractivity contribution in [1.82, 2.24) is 15.1 Å². The Labute approximate surface area is 204 Å². The van der Waals surface area contributed by atoms with Crippen LogP contribution in [0.2, 0.25) is 0 Å². The Bertz CT molecular complexity index is 1300. The van der Waals surface area contributed by atoms with Crippen molar-refractivity contribution in [2.24, 2.45) is 0 Å². The fourth-order valence-electron chi connectivity index (χ4n) is 3.72. The summed E-state index contributed by atoms with van der Waals surface area (Å²) in [7, 11) is 6.30. The van der Waals surface area contributed by atoms with Gasteiger partial charge in [0, 0.05) is 29.9 Å². The minimum atomic E-state index is -0.269. The van der Waals surface area contributed by atoms with Crippen LogP contribution in [0.3, 0.4) is 0 Å². The van der Waals surface area contributed by atoms with Gasteiger partial charge in [-0.25, -0.2) is 4.68 Å². The third-order valence-corrected chi connectivity index (χ3v) is 5.57. The fraction of sp³-hybridized carbons (Fsp3) is 0.185. The first-order valence-electron chi connectivity index (χ1n) is 10.9. The van der Waals surface area contributed by atoms with Gasteiger partial charge in [-0.2, -0.15) is 5.10 Å². The van der Waals surface area contributed by atoms with E-state index < -0.39 is 0 Å². The third kappa shape index (κ3) is 5.06. The zero-order valence-electron chi connectivity index (χ0n) is 20.1. The fourth-order valence-corrected chi connectivity index (χ4v) is 3.72. The summed E-state index contributed by atoms with van der Waals surface area (Å²) in [4.78, 5) is 13.4. The lowest BCUT2D eigenvalue weighted by Crippen LogP contribution is -2.23. The smallest absolute Gasteiger partial charge is 0.255 e. The highest BCUT2D eigenvalue weighted by Gasteiger charge is 2.20. The van der Waals surface area contributed by atoms with Crippen LogP contribution in [0.15, 0.2) is 72.9 Å². The molecule has 3 aromatic carbocycles. The minimum Gasteiger partial charge on any atom is -0.497 e. The van der Waals surface area contributed by atoms with E-state index >= 15 is 0 Å². The van der Waals surface area contributed by atoms with Gasteiger partial charge in [0.2, 0.25) is 0 Å². The van der Waals surface area contributed by atoms with Gasteiger partial charge in [0.25, 0.3) is 5.91 Å². The molecule has 180 valence electrons. The molecule has 0 aliphatic carbocycles. The molecule has 4 rings (SSSR count).